The van der Waals surface area contributed by atoms with E-state index in [0.29, 0.717) is 128 Å². The van der Waals surface area contributed by atoms with Crippen molar-refractivity contribution in [2.45, 2.75) is 179 Å². The quantitative estimate of drug-likeness (QED) is 0.0186. The molecule has 12 amide bonds. The Labute approximate surface area is 875 Å². The first-order valence-corrected chi connectivity index (χ1v) is 48.3. The molecule has 0 saturated carbocycles. The predicted molar refractivity (Wildman–Crippen MR) is 569 cm³/mol. The molecule has 8 aliphatic rings. The number of aromatic nitrogens is 12. The van der Waals surface area contributed by atoms with Crippen LogP contribution in [0.2, 0.25) is 0 Å². The largest absolute Gasteiger partial charge is 0.451 e. The van der Waals surface area contributed by atoms with Gasteiger partial charge in [0.15, 0.2) is 23.3 Å². The number of aromatic amines is 4. The monoisotopic (exact) mass is 2100 g/mol. The molecular weight excluding hydrogens is 1960 g/mol. The average Bonchev–Trinajstić information content (AvgIpc) is 1.60. The van der Waals surface area contributed by atoms with E-state index in [9.17, 15) is 51.5 Å². The van der Waals surface area contributed by atoms with Gasteiger partial charge in [0.05, 0.1) is 95.8 Å². The number of amides is 12. The molecule has 14 heterocycles. The molecule has 4 saturated heterocycles. The molecular formula is C98H144F3N31O12S3. The van der Waals surface area contributed by atoms with Crippen LogP contribution in [-0.2, 0) is 87.8 Å². The van der Waals surface area contributed by atoms with E-state index in [4.69, 9.17) is 18.9 Å². The number of urea groups is 4. The molecule has 49 heteroatoms. The van der Waals surface area contributed by atoms with E-state index in [-0.39, 0.29) is 131 Å². The molecule has 2 aromatic carbocycles. The highest BCUT2D eigenvalue weighted by Crippen LogP contribution is 2.47. The lowest BCUT2D eigenvalue weighted by atomic mass is 9.91. The van der Waals surface area contributed by atoms with Crippen LogP contribution in [0.4, 0.5) is 90.1 Å². The SMILES string of the molecule is C=CC(=O)Nc1ccc(C(=O)Nc2n[nH]c3c2CN(C(=O)NC(CN(C)C)C2CCOC2)C3(C)C)cc1.C=CC(=O)Nc1ccc(Nc2n[nH]c3c2CN(C(=O)N[C@H](CN(C)C)C2CCOCC2)C3(C)C)cc1.C=CC(=O)Nc1cnc(Nc2n[nH]c3c2CN(C(=O)N[C@H](CN(C)C)C2CCOCC2)C3(C)C)nc1.CN(C)C[C@@H](NC(=O)N1Cc2c(Nc3ccnc(C(F)(F)F)n3)n[nH]c2C1(C)C)C1CCOCC1.S.S.S. The minimum atomic E-state index is -4.66. The third kappa shape index (κ3) is 28.9. The Kier molecular flexibility index (Phi) is 40.4. The van der Waals surface area contributed by atoms with Crippen molar-refractivity contribution in [3.05, 3.63) is 168 Å². The fourth-order valence-corrected chi connectivity index (χ4v) is 19.3. The number of nitrogens with zero attached hydrogens (tertiary/aromatic N) is 16. The van der Waals surface area contributed by atoms with Gasteiger partial charge in [0.1, 0.15) is 5.82 Å². The zero-order valence-corrected chi connectivity index (χ0v) is 89.4. The normalized spacial score (nSPS) is 18.1. The number of anilines is 10. The summed E-state index contributed by atoms with van der Waals surface area (Å²) in [6.45, 7) is 36.1. The van der Waals surface area contributed by atoms with Crippen LogP contribution in [0.1, 0.15) is 162 Å². The van der Waals surface area contributed by atoms with Crippen LogP contribution < -0.4 is 58.5 Å². The van der Waals surface area contributed by atoms with Crippen LogP contribution in [0, 0.1) is 23.7 Å². The standard InChI is InChI=1S/C26H35N7O4.C26H37N7O3.C24H35N9O3.C22H31F3N8O2.3H2S/c1-6-21(34)27-18-9-7-16(8-10-18)24(35)29-23-19-13-33(26(2,3)22(19)30-31-23)25(36)28-20(14-32(4)5)17-11-12-37-15-17;1-6-22(34)27-18-7-9-19(10-8-18)28-24-20-15-33(26(2,3)23(20)30-31-24)25(35)29-21(16-32(4)5)17-11-13-36-14-12-17;1-6-19(34)27-16-11-25-22(26-12-16)29-21-17-13-33(24(2,3)20(17)30-31-21)23(35)28-18(14-32(4)5)15-7-9-36-10-8-15;1-21(2)17-14(18(31-30-17)28-16-5-8-26-19(29-16)22(23,24)25)11-33(21)20(34)27-15(12-32(3)4)13-6-9-35-10-7-13;;;/h6-10,17,20H,1,11-15H2,2-5H3,(H,27,34)(H,28,36)(H2,29,30,31,35);6-10,17,21H,1,11-16H2,2-5H3,(H,27,34)(H,29,35)(H2,28,30,31);6,11-12,15,18H,1,7-10,13-14H2,2-5H3,(H,27,34)(H,28,35)(H2,25,26,29,30,31);5,8,13,15H,6-7,9-12H2,1-4H3,(H,27,34)(H2,26,28,29,30,31);3*1H2/t;21-;18-;15-;;;/m.111.../s1. The minimum Gasteiger partial charge on any atom is -0.381 e. The van der Waals surface area contributed by atoms with Gasteiger partial charge in [-0.3, -0.25) is 39.6 Å². The Hall–Kier alpha value is -12.5. The summed E-state index contributed by atoms with van der Waals surface area (Å²) >= 11 is 0. The van der Waals surface area contributed by atoms with Crippen molar-refractivity contribution in [3.8, 4) is 0 Å². The number of fused-ring (bicyclic) bond motifs is 4. The third-order valence-electron chi connectivity index (χ3n) is 27.3. The number of halogens is 3. The summed E-state index contributed by atoms with van der Waals surface area (Å²) in [5, 5.41) is 62.9. The number of hydrogen-bond acceptors (Lipinski definition) is 27. The number of benzene rings is 2. The second kappa shape index (κ2) is 51.0. The number of hydrogen-bond donors (Lipinski definition) is 15. The van der Waals surface area contributed by atoms with Gasteiger partial charge in [-0.1, -0.05) is 19.7 Å². The number of likely N-dealkylation sites (N-methyl/N-ethyl adjacent to an activating group) is 4. The first kappa shape index (κ1) is 116. The van der Waals surface area contributed by atoms with Gasteiger partial charge in [-0.25, -0.2) is 39.1 Å². The molecule has 16 rings (SSSR count). The summed E-state index contributed by atoms with van der Waals surface area (Å²) in [6, 6.07) is 14.7. The zero-order chi connectivity index (χ0) is 104. The molecule has 43 nitrogen and oxygen atoms in total. The van der Waals surface area contributed by atoms with Crippen molar-refractivity contribution in [2.75, 3.05) is 173 Å². The van der Waals surface area contributed by atoms with Gasteiger partial charge in [0.2, 0.25) is 29.5 Å². The maximum absolute atomic E-state index is 13.6. The molecule has 6 aromatic heterocycles. The Morgan fingerprint density at radius 1 is 0.408 bits per heavy atom. The summed E-state index contributed by atoms with van der Waals surface area (Å²) in [5.41, 5.74) is 7.09. The number of rotatable bonds is 30. The van der Waals surface area contributed by atoms with E-state index in [2.05, 4.69) is 159 Å². The molecule has 5 atom stereocenters. The lowest BCUT2D eigenvalue weighted by Crippen LogP contribution is -2.54. The van der Waals surface area contributed by atoms with Gasteiger partial charge in [-0.2, -0.15) is 74.1 Å². The molecule has 0 aliphatic carbocycles. The lowest BCUT2D eigenvalue weighted by molar-refractivity contribution is -0.144. The molecule has 8 aliphatic heterocycles. The Morgan fingerprint density at radius 2 is 0.714 bits per heavy atom. The maximum Gasteiger partial charge on any atom is 0.451 e. The first-order valence-electron chi connectivity index (χ1n) is 48.3. The highest BCUT2D eigenvalue weighted by molar-refractivity contribution is 7.59. The molecule has 0 bridgehead atoms. The second-order valence-corrected chi connectivity index (χ2v) is 40.2. The van der Waals surface area contributed by atoms with Gasteiger partial charge >= 0.3 is 30.3 Å². The Bertz CT molecular complexity index is 5640. The topological polar surface area (TPSA) is 498 Å². The predicted octanol–water partition coefficient (Wildman–Crippen LogP) is 11.5. The van der Waals surface area contributed by atoms with Crippen molar-refractivity contribution < 1.29 is 70.5 Å². The summed E-state index contributed by atoms with van der Waals surface area (Å²) in [6.07, 6.45) is 9.43. The van der Waals surface area contributed by atoms with E-state index in [0.717, 1.165) is 142 Å². The molecule has 8 aromatic rings. The van der Waals surface area contributed by atoms with Crippen LogP contribution in [0.3, 0.4) is 0 Å². The zero-order valence-electron chi connectivity index (χ0n) is 86.4. The maximum atomic E-state index is 13.6. The highest BCUT2D eigenvalue weighted by Gasteiger charge is 2.50. The summed E-state index contributed by atoms with van der Waals surface area (Å²) in [7, 11) is 16.0. The van der Waals surface area contributed by atoms with E-state index in [1.54, 1.807) is 34.1 Å². The fourth-order valence-electron chi connectivity index (χ4n) is 19.3. The Balaban J connectivity index is 0.000000199. The average molecular weight is 2100 g/mol. The number of carbonyl (C=O) groups excluding carboxylic acids is 8. The molecule has 15 N–H and O–H groups in total. The number of nitrogens with one attached hydrogen (secondary N) is 15. The van der Waals surface area contributed by atoms with E-state index in [1.165, 1.54) is 36.7 Å². The molecule has 0 spiro atoms. The molecule has 0 radical (unpaired) electrons. The number of carbonyl (C=O) groups is 8. The summed E-state index contributed by atoms with van der Waals surface area (Å²) in [5.74, 6) is 1.10. The summed E-state index contributed by atoms with van der Waals surface area (Å²) in [4.78, 5) is 132. The third-order valence-corrected chi connectivity index (χ3v) is 27.3. The fraction of sp³-hybridized carbons (Fsp3) is 0.531. The van der Waals surface area contributed by atoms with E-state index in [1.807, 2.05) is 146 Å². The van der Waals surface area contributed by atoms with Crippen LogP contribution in [0.15, 0.2) is 111 Å². The van der Waals surface area contributed by atoms with Gasteiger partial charge in [-0.05, 0) is 247 Å². The lowest BCUT2D eigenvalue weighted by Gasteiger charge is -2.37. The first-order chi connectivity index (χ1) is 68.4. The smallest absolute Gasteiger partial charge is 0.381 e. The van der Waals surface area contributed by atoms with Gasteiger partial charge < -0.3 is 117 Å². The van der Waals surface area contributed by atoms with E-state index < -0.39 is 34.2 Å². The van der Waals surface area contributed by atoms with Crippen LogP contribution >= 0.6 is 40.5 Å². The number of ether oxygens (including phenoxy) is 4. The van der Waals surface area contributed by atoms with Crippen molar-refractivity contribution in [1.29, 1.82) is 0 Å². The van der Waals surface area contributed by atoms with Crippen LogP contribution in [-0.4, -0.2) is 307 Å². The van der Waals surface area contributed by atoms with Crippen molar-refractivity contribution in [3.63, 3.8) is 0 Å². The molecule has 2 unspecified atom stereocenters. The molecule has 147 heavy (non-hydrogen) atoms. The molecule has 802 valence electrons. The Morgan fingerprint density at radius 3 is 1.05 bits per heavy atom. The van der Waals surface area contributed by atoms with E-state index >= 15 is 0 Å². The van der Waals surface area contributed by atoms with Gasteiger partial charge in [0, 0.05) is 154 Å². The second-order valence-electron chi connectivity index (χ2n) is 40.2. The van der Waals surface area contributed by atoms with Crippen LogP contribution in [0.25, 0.3) is 0 Å². The van der Waals surface area contributed by atoms with Crippen molar-refractivity contribution in [2.24, 2.45) is 23.7 Å². The number of alkyl halides is 3. The van der Waals surface area contributed by atoms with Gasteiger partial charge in [0.25, 0.3) is 5.91 Å². The van der Waals surface area contributed by atoms with Crippen LogP contribution in [0.5, 0.6) is 0 Å². The van der Waals surface area contributed by atoms with Crippen molar-refractivity contribution in [1.82, 2.24) is 121 Å². The van der Waals surface area contributed by atoms with Crippen molar-refractivity contribution >= 4 is 146 Å². The summed E-state index contributed by atoms with van der Waals surface area (Å²) < 4.78 is 61.1. The number of H-pyrrole nitrogens is 4. The minimum absolute atomic E-state index is 0. The highest BCUT2D eigenvalue weighted by atomic mass is 32.1. The van der Waals surface area contributed by atoms with Gasteiger partial charge in [-0.15, -0.1) is 0 Å². The molecule has 4 fully saturated rings.